The van der Waals surface area contributed by atoms with E-state index in [0.29, 0.717) is 16.6 Å². The van der Waals surface area contributed by atoms with Crippen molar-refractivity contribution < 1.29 is 0 Å². The van der Waals surface area contributed by atoms with E-state index in [2.05, 4.69) is 63.2 Å². The van der Waals surface area contributed by atoms with Crippen LogP contribution in [0.25, 0.3) is 0 Å². The van der Waals surface area contributed by atoms with Crippen molar-refractivity contribution in [3.05, 3.63) is 60.2 Å². The van der Waals surface area contributed by atoms with E-state index in [1.54, 1.807) is 0 Å². The number of rotatable bonds is 5. The van der Waals surface area contributed by atoms with Gasteiger partial charge >= 0.3 is 0 Å². The molecule has 26 heavy (non-hydrogen) atoms. The van der Waals surface area contributed by atoms with Gasteiger partial charge in [-0.25, -0.2) is 0 Å². The van der Waals surface area contributed by atoms with Gasteiger partial charge in [0.25, 0.3) is 0 Å². The topological polar surface area (TPSA) is 24.7 Å². The van der Waals surface area contributed by atoms with E-state index in [9.17, 15) is 0 Å². The van der Waals surface area contributed by atoms with Crippen LogP contribution in [0, 0.1) is 11.5 Å². The van der Waals surface area contributed by atoms with Crippen molar-refractivity contribution in [2.45, 2.75) is 58.2 Å². The minimum absolute atomic E-state index is 0.619. The summed E-state index contributed by atoms with van der Waals surface area (Å²) in [5.74, 6) is 3.49. The van der Waals surface area contributed by atoms with Crippen molar-refractivity contribution >= 4 is 19.4 Å². The van der Waals surface area contributed by atoms with E-state index in [0.717, 1.165) is 16.9 Å². The van der Waals surface area contributed by atoms with Crippen molar-refractivity contribution in [1.82, 2.24) is 0 Å². The van der Waals surface area contributed by atoms with Gasteiger partial charge in [0.2, 0.25) is 0 Å². The number of hydrogen-bond donors (Lipinski definition) is 0. The zero-order valence-corrected chi connectivity index (χ0v) is 17.8. The average molecular weight is 363 g/mol. The standard InChI is InChI=1S/C23H30N2Si/c1-18(2)26(19(3)4,20(5)6)17-16-21-12-10-11-15-23(21)25-24-22-13-8-7-9-14-22/h7-15,18-20H,1-6H3. The summed E-state index contributed by atoms with van der Waals surface area (Å²) in [6.07, 6.45) is 0. The van der Waals surface area contributed by atoms with Crippen LogP contribution in [0.3, 0.4) is 0 Å². The third-order valence-corrected chi connectivity index (χ3v) is 11.5. The Bertz CT molecular complexity index is 774. The predicted octanol–water partition coefficient (Wildman–Crippen LogP) is 7.67. The van der Waals surface area contributed by atoms with Crippen LogP contribution in [-0.4, -0.2) is 8.07 Å². The minimum atomic E-state index is -1.75. The second kappa shape index (κ2) is 8.96. The Balaban J connectivity index is 2.42. The van der Waals surface area contributed by atoms with Gasteiger partial charge in [-0.2, -0.15) is 5.11 Å². The molecule has 0 fully saturated rings. The van der Waals surface area contributed by atoms with E-state index in [1.165, 1.54) is 0 Å². The molecule has 2 aromatic carbocycles. The highest BCUT2D eigenvalue weighted by Crippen LogP contribution is 2.40. The molecule has 0 aliphatic carbocycles. The third kappa shape index (κ3) is 4.50. The maximum absolute atomic E-state index is 4.45. The van der Waals surface area contributed by atoms with Gasteiger partial charge in [0.05, 0.1) is 11.3 Å². The fourth-order valence-corrected chi connectivity index (χ4v) is 9.10. The lowest BCUT2D eigenvalue weighted by molar-refractivity contribution is 0.838. The molecule has 0 unspecified atom stereocenters. The smallest absolute Gasteiger partial charge is 0.146 e. The molecule has 0 bridgehead atoms. The van der Waals surface area contributed by atoms with Gasteiger partial charge < -0.3 is 0 Å². The lowest BCUT2D eigenvalue weighted by atomic mass is 10.2. The van der Waals surface area contributed by atoms with Crippen molar-refractivity contribution in [2.75, 3.05) is 0 Å². The van der Waals surface area contributed by atoms with Gasteiger partial charge in [0.1, 0.15) is 13.8 Å². The quantitative estimate of drug-likeness (QED) is 0.296. The first kappa shape index (κ1) is 20.1. The lowest BCUT2D eigenvalue weighted by Gasteiger charge is -2.38. The molecule has 2 rings (SSSR count). The van der Waals surface area contributed by atoms with Crippen molar-refractivity contribution in [2.24, 2.45) is 10.2 Å². The Kier molecular flexibility index (Phi) is 6.94. The fourth-order valence-electron chi connectivity index (χ4n) is 3.88. The molecule has 0 aromatic heterocycles. The largest absolute Gasteiger partial charge is 0.151 e. The highest BCUT2D eigenvalue weighted by molar-refractivity contribution is 6.90. The SMILES string of the molecule is CC(C)[Si](C#Cc1ccccc1N=Nc1ccccc1)(C(C)C)C(C)C. The first-order valence-corrected chi connectivity index (χ1v) is 11.7. The molecule has 0 atom stereocenters. The van der Waals surface area contributed by atoms with Crippen LogP contribution in [0.2, 0.25) is 16.6 Å². The summed E-state index contributed by atoms with van der Waals surface area (Å²) in [6, 6.07) is 17.9. The van der Waals surface area contributed by atoms with Gasteiger partial charge in [-0.1, -0.05) is 77.8 Å². The monoisotopic (exact) mass is 362 g/mol. The number of azo groups is 1. The summed E-state index contributed by atoms with van der Waals surface area (Å²) in [6.45, 7) is 14.0. The Morgan fingerprint density at radius 2 is 1.23 bits per heavy atom. The Morgan fingerprint density at radius 1 is 0.692 bits per heavy atom. The Hall–Kier alpha value is -2.18. The number of nitrogens with zero attached hydrogens (tertiary/aromatic N) is 2. The normalized spacial score (nSPS) is 12.0. The second-order valence-corrected chi connectivity index (χ2v) is 13.3. The zero-order chi connectivity index (χ0) is 19.2. The van der Waals surface area contributed by atoms with Gasteiger partial charge in [0.15, 0.2) is 0 Å². The number of hydrogen-bond acceptors (Lipinski definition) is 2. The maximum atomic E-state index is 4.45. The van der Waals surface area contributed by atoms with Gasteiger partial charge in [-0.05, 0) is 40.9 Å². The van der Waals surface area contributed by atoms with Crippen LogP contribution in [0.1, 0.15) is 47.1 Å². The molecular formula is C23H30N2Si. The molecule has 2 aromatic rings. The van der Waals surface area contributed by atoms with Crippen LogP contribution in [-0.2, 0) is 0 Å². The van der Waals surface area contributed by atoms with Crippen molar-refractivity contribution in [3.8, 4) is 11.5 Å². The molecule has 0 saturated heterocycles. The van der Waals surface area contributed by atoms with Crippen LogP contribution < -0.4 is 0 Å². The molecule has 2 nitrogen and oxygen atoms in total. The highest BCUT2D eigenvalue weighted by Gasteiger charge is 2.41. The summed E-state index contributed by atoms with van der Waals surface area (Å²) in [5.41, 5.74) is 8.28. The molecule has 0 radical (unpaired) electrons. The average Bonchev–Trinajstić information content (AvgIpc) is 2.61. The third-order valence-electron chi connectivity index (χ3n) is 5.21. The highest BCUT2D eigenvalue weighted by atomic mass is 28.3. The Morgan fingerprint density at radius 3 is 1.81 bits per heavy atom. The lowest BCUT2D eigenvalue weighted by Crippen LogP contribution is -2.43. The first-order valence-electron chi connectivity index (χ1n) is 9.47. The summed E-state index contributed by atoms with van der Waals surface area (Å²) >= 11 is 0. The molecule has 0 aliphatic heterocycles. The van der Waals surface area contributed by atoms with E-state index < -0.39 is 8.07 Å². The molecule has 136 valence electrons. The molecule has 0 heterocycles. The zero-order valence-electron chi connectivity index (χ0n) is 16.8. The summed E-state index contributed by atoms with van der Waals surface area (Å²) in [5, 5.41) is 8.81. The van der Waals surface area contributed by atoms with E-state index in [1.807, 2.05) is 54.6 Å². The molecule has 0 amide bonds. The number of benzene rings is 2. The van der Waals surface area contributed by atoms with E-state index in [4.69, 9.17) is 0 Å². The summed E-state index contributed by atoms with van der Waals surface area (Å²) in [7, 11) is -1.75. The van der Waals surface area contributed by atoms with Gasteiger partial charge in [-0.15, -0.1) is 10.7 Å². The van der Waals surface area contributed by atoms with Crippen LogP contribution in [0.15, 0.2) is 64.8 Å². The minimum Gasteiger partial charge on any atom is -0.151 e. The molecule has 3 heteroatoms. The molecular weight excluding hydrogens is 332 g/mol. The van der Waals surface area contributed by atoms with Crippen molar-refractivity contribution in [3.63, 3.8) is 0 Å². The predicted molar refractivity (Wildman–Crippen MR) is 115 cm³/mol. The van der Waals surface area contributed by atoms with Gasteiger partial charge in [0, 0.05) is 0 Å². The van der Waals surface area contributed by atoms with E-state index in [-0.39, 0.29) is 0 Å². The molecule has 0 N–H and O–H groups in total. The second-order valence-electron chi connectivity index (χ2n) is 7.70. The van der Waals surface area contributed by atoms with Crippen LogP contribution in [0.5, 0.6) is 0 Å². The summed E-state index contributed by atoms with van der Waals surface area (Å²) in [4.78, 5) is 0. The van der Waals surface area contributed by atoms with Crippen molar-refractivity contribution in [1.29, 1.82) is 0 Å². The van der Waals surface area contributed by atoms with E-state index >= 15 is 0 Å². The fraction of sp³-hybridized carbons (Fsp3) is 0.391. The van der Waals surface area contributed by atoms with Gasteiger partial charge in [-0.3, -0.25) is 0 Å². The van der Waals surface area contributed by atoms with Crippen LogP contribution in [0.4, 0.5) is 11.4 Å². The molecule has 0 saturated carbocycles. The molecule has 0 aliphatic rings. The first-order chi connectivity index (χ1) is 12.4. The van der Waals surface area contributed by atoms with Crippen LogP contribution >= 0.6 is 0 Å². The maximum Gasteiger partial charge on any atom is 0.146 e. The molecule has 0 spiro atoms. The summed E-state index contributed by atoms with van der Waals surface area (Å²) < 4.78 is 0. The Labute approximate surface area is 159 Å².